The van der Waals surface area contributed by atoms with Crippen LogP contribution >= 0.6 is 0 Å². The number of halogens is 3. The highest BCUT2D eigenvalue weighted by Gasteiger charge is 2.31. The molecule has 10 heteroatoms. The normalized spacial score (nSPS) is 12.1. The first-order valence-electron chi connectivity index (χ1n) is 8.63. The summed E-state index contributed by atoms with van der Waals surface area (Å²) >= 11 is 0. The number of rotatable bonds is 5. The van der Waals surface area contributed by atoms with Crippen molar-refractivity contribution in [2.75, 3.05) is 4.72 Å². The van der Waals surface area contributed by atoms with E-state index >= 15 is 0 Å². The predicted molar refractivity (Wildman–Crippen MR) is 105 cm³/mol. The van der Waals surface area contributed by atoms with E-state index in [1.54, 1.807) is 6.07 Å². The quantitative estimate of drug-likeness (QED) is 0.468. The zero-order chi connectivity index (χ0) is 21.4. The molecule has 0 aliphatic heterocycles. The average molecular weight is 433 g/mol. The van der Waals surface area contributed by atoms with E-state index < -0.39 is 22.1 Å². The van der Waals surface area contributed by atoms with Crippen molar-refractivity contribution in [3.8, 4) is 17.1 Å². The van der Waals surface area contributed by atoms with Gasteiger partial charge in [-0.25, -0.2) is 13.4 Å². The van der Waals surface area contributed by atoms with E-state index in [0.29, 0.717) is 16.9 Å². The number of alkyl halides is 3. The molecule has 0 amide bonds. The molecule has 3 aromatic carbocycles. The van der Waals surface area contributed by atoms with Crippen molar-refractivity contribution in [2.24, 2.45) is 0 Å². The zero-order valence-electron chi connectivity index (χ0n) is 15.1. The molecule has 0 radical (unpaired) electrons. The Morgan fingerprint density at radius 1 is 0.933 bits per heavy atom. The number of aromatic amines is 1. The molecule has 0 unspecified atom stereocenters. The number of nitrogens with zero attached hydrogens (tertiary/aromatic N) is 1. The molecule has 1 heterocycles. The number of nitrogens with one attached hydrogen (secondary N) is 2. The second kappa shape index (κ2) is 7.38. The van der Waals surface area contributed by atoms with E-state index in [4.69, 9.17) is 0 Å². The topological polar surface area (TPSA) is 84.1 Å². The van der Waals surface area contributed by atoms with Crippen molar-refractivity contribution in [1.29, 1.82) is 0 Å². The van der Waals surface area contributed by atoms with Gasteiger partial charge in [-0.05, 0) is 30.3 Å². The van der Waals surface area contributed by atoms with Gasteiger partial charge in [0.1, 0.15) is 11.6 Å². The smallest absolute Gasteiger partial charge is 0.406 e. The van der Waals surface area contributed by atoms with Gasteiger partial charge in [0, 0.05) is 11.6 Å². The van der Waals surface area contributed by atoms with E-state index in [-0.39, 0.29) is 10.6 Å². The SMILES string of the molecule is O=S(=O)(Nc1cccc(OC(F)(F)F)c1)c1ccc2nc(-c3ccccc3)[nH]c2c1. The summed E-state index contributed by atoms with van der Waals surface area (Å²) in [6, 6.07) is 18.3. The second-order valence-corrected chi connectivity index (χ2v) is 7.99. The Bertz CT molecular complexity index is 1300. The highest BCUT2D eigenvalue weighted by atomic mass is 32.2. The number of benzene rings is 3. The fraction of sp³-hybridized carbons (Fsp3) is 0.0500. The summed E-state index contributed by atoms with van der Waals surface area (Å²) in [6.07, 6.45) is -4.88. The number of aromatic nitrogens is 2. The highest BCUT2D eigenvalue weighted by molar-refractivity contribution is 7.92. The van der Waals surface area contributed by atoms with Gasteiger partial charge in [-0.15, -0.1) is 13.2 Å². The van der Waals surface area contributed by atoms with Gasteiger partial charge in [-0.1, -0.05) is 36.4 Å². The molecule has 1 aromatic heterocycles. The zero-order valence-corrected chi connectivity index (χ0v) is 16.0. The Balaban J connectivity index is 1.62. The van der Waals surface area contributed by atoms with Crippen LogP contribution < -0.4 is 9.46 Å². The number of ether oxygens (including phenoxy) is 1. The third kappa shape index (κ3) is 4.38. The summed E-state index contributed by atoms with van der Waals surface area (Å²) in [7, 11) is -4.06. The molecule has 30 heavy (non-hydrogen) atoms. The van der Waals surface area contributed by atoms with Crippen LogP contribution in [0.3, 0.4) is 0 Å². The van der Waals surface area contributed by atoms with Crippen LogP contribution in [0.25, 0.3) is 22.4 Å². The van der Waals surface area contributed by atoms with Gasteiger partial charge >= 0.3 is 6.36 Å². The number of hydrogen-bond donors (Lipinski definition) is 2. The fourth-order valence-corrected chi connectivity index (χ4v) is 3.93. The maximum Gasteiger partial charge on any atom is 0.573 e. The molecule has 2 N–H and O–H groups in total. The van der Waals surface area contributed by atoms with E-state index in [2.05, 4.69) is 19.4 Å². The van der Waals surface area contributed by atoms with E-state index in [1.165, 1.54) is 24.3 Å². The fourth-order valence-electron chi connectivity index (χ4n) is 2.86. The van der Waals surface area contributed by atoms with Gasteiger partial charge in [0.2, 0.25) is 0 Å². The van der Waals surface area contributed by atoms with Crippen LogP contribution in [0.15, 0.2) is 77.7 Å². The minimum atomic E-state index is -4.88. The number of hydrogen-bond acceptors (Lipinski definition) is 4. The van der Waals surface area contributed by atoms with Crippen LogP contribution in [-0.2, 0) is 10.0 Å². The minimum absolute atomic E-state index is 0.0635. The third-order valence-electron chi connectivity index (χ3n) is 4.13. The average Bonchev–Trinajstić information content (AvgIpc) is 3.11. The van der Waals surface area contributed by atoms with E-state index in [9.17, 15) is 21.6 Å². The Kier molecular flexibility index (Phi) is 4.86. The van der Waals surface area contributed by atoms with Gasteiger partial charge in [0.25, 0.3) is 10.0 Å². The summed E-state index contributed by atoms with van der Waals surface area (Å²) < 4.78 is 68.6. The first-order valence-corrected chi connectivity index (χ1v) is 10.1. The summed E-state index contributed by atoms with van der Waals surface area (Å²) in [5.74, 6) is 0.0596. The molecule has 0 spiro atoms. The Morgan fingerprint density at radius 2 is 1.70 bits per heavy atom. The largest absolute Gasteiger partial charge is 0.573 e. The summed E-state index contributed by atoms with van der Waals surface area (Å²) in [4.78, 5) is 7.45. The molecule has 0 atom stereocenters. The second-order valence-electron chi connectivity index (χ2n) is 6.31. The van der Waals surface area contributed by atoms with Gasteiger partial charge in [0.15, 0.2) is 0 Å². The van der Waals surface area contributed by atoms with E-state index in [0.717, 1.165) is 17.7 Å². The van der Waals surface area contributed by atoms with Crippen molar-refractivity contribution < 1.29 is 26.3 Å². The van der Waals surface area contributed by atoms with Crippen molar-refractivity contribution in [3.05, 3.63) is 72.8 Å². The molecule has 4 rings (SSSR count). The lowest BCUT2D eigenvalue weighted by Gasteiger charge is -2.11. The molecule has 0 aliphatic carbocycles. The molecule has 0 aliphatic rings. The first kappa shape index (κ1) is 19.8. The molecule has 6 nitrogen and oxygen atoms in total. The minimum Gasteiger partial charge on any atom is -0.406 e. The lowest BCUT2D eigenvalue weighted by Crippen LogP contribution is -2.17. The van der Waals surface area contributed by atoms with Gasteiger partial charge in [-0.3, -0.25) is 4.72 Å². The van der Waals surface area contributed by atoms with Crippen LogP contribution in [-0.4, -0.2) is 24.7 Å². The highest BCUT2D eigenvalue weighted by Crippen LogP contribution is 2.27. The number of anilines is 1. The van der Waals surface area contributed by atoms with Crippen molar-refractivity contribution in [3.63, 3.8) is 0 Å². The van der Waals surface area contributed by atoms with Crippen LogP contribution in [0.4, 0.5) is 18.9 Å². The number of sulfonamides is 1. The van der Waals surface area contributed by atoms with Crippen LogP contribution in [0.2, 0.25) is 0 Å². The number of imidazole rings is 1. The Morgan fingerprint density at radius 3 is 2.43 bits per heavy atom. The van der Waals surface area contributed by atoms with Crippen molar-refractivity contribution in [1.82, 2.24) is 9.97 Å². The molecule has 0 fully saturated rings. The van der Waals surface area contributed by atoms with Crippen LogP contribution in [0, 0.1) is 0 Å². The molecule has 4 aromatic rings. The maximum atomic E-state index is 12.7. The first-order chi connectivity index (χ1) is 14.2. The van der Waals surface area contributed by atoms with Crippen LogP contribution in [0.1, 0.15) is 0 Å². The lowest BCUT2D eigenvalue weighted by atomic mass is 10.2. The summed E-state index contributed by atoms with van der Waals surface area (Å²) in [5.41, 5.74) is 1.86. The van der Waals surface area contributed by atoms with Crippen LogP contribution in [0.5, 0.6) is 5.75 Å². The third-order valence-corrected chi connectivity index (χ3v) is 5.51. The molecule has 0 saturated carbocycles. The van der Waals surface area contributed by atoms with Gasteiger partial charge < -0.3 is 9.72 Å². The van der Waals surface area contributed by atoms with Gasteiger partial charge in [-0.2, -0.15) is 0 Å². The van der Waals surface area contributed by atoms with E-state index in [1.807, 2.05) is 30.3 Å². The van der Waals surface area contributed by atoms with Gasteiger partial charge in [0.05, 0.1) is 21.6 Å². The molecule has 0 bridgehead atoms. The van der Waals surface area contributed by atoms with Crippen molar-refractivity contribution >= 4 is 26.7 Å². The Hall–Kier alpha value is -3.53. The predicted octanol–water partition coefficient (Wildman–Crippen LogP) is 4.93. The summed E-state index contributed by atoms with van der Waals surface area (Å²) in [6.45, 7) is 0. The molecular formula is C20H14F3N3O3S. The molecule has 154 valence electrons. The Labute approximate surface area is 169 Å². The monoisotopic (exact) mass is 433 g/mol. The van der Waals surface area contributed by atoms with Crippen molar-refractivity contribution in [2.45, 2.75) is 11.3 Å². The number of fused-ring (bicyclic) bond motifs is 1. The molecular weight excluding hydrogens is 419 g/mol. The maximum absolute atomic E-state index is 12.7. The molecule has 0 saturated heterocycles. The number of H-pyrrole nitrogens is 1. The lowest BCUT2D eigenvalue weighted by molar-refractivity contribution is -0.274. The standard InChI is InChI=1S/C20H14F3N3O3S/c21-20(22,23)29-15-8-4-7-14(11-15)26-30(27,28)16-9-10-17-18(12-16)25-19(24-17)13-5-2-1-3-6-13/h1-12,26H,(H,24,25). The summed E-state index contributed by atoms with van der Waals surface area (Å²) in [5, 5.41) is 0.